The van der Waals surface area contributed by atoms with Crippen LogP contribution >= 0.6 is 11.6 Å². The van der Waals surface area contributed by atoms with Gasteiger partial charge < -0.3 is 10.1 Å². The zero-order valence-corrected chi connectivity index (χ0v) is 19.1. The largest absolute Gasteiger partial charge is 0.452 e. The Hall–Kier alpha value is -3.20. The van der Waals surface area contributed by atoms with Gasteiger partial charge in [0.25, 0.3) is 5.91 Å². The summed E-state index contributed by atoms with van der Waals surface area (Å²) in [4.78, 5) is 24.5. The second-order valence-electron chi connectivity index (χ2n) is 7.52. The van der Waals surface area contributed by atoms with Crippen LogP contribution in [-0.4, -0.2) is 37.8 Å². The van der Waals surface area contributed by atoms with E-state index in [0.29, 0.717) is 23.7 Å². The lowest BCUT2D eigenvalue weighted by molar-refractivity contribution is -0.119. The Morgan fingerprint density at radius 1 is 0.970 bits per heavy atom. The summed E-state index contributed by atoms with van der Waals surface area (Å²) >= 11 is 5.81. The maximum absolute atomic E-state index is 13.2. The van der Waals surface area contributed by atoms with E-state index in [1.165, 1.54) is 28.6 Å². The second kappa shape index (κ2) is 9.74. The molecule has 33 heavy (non-hydrogen) atoms. The Balaban J connectivity index is 1.41. The molecule has 1 amide bonds. The molecule has 1 aliphatic rings. The van der Waals surface area contributed by atoms with E-state index < -0.39 is 28.5 Å². The van der Waals surface area contributed by atoms with Gasteiger partial charge in [0.2, 0.25) is 10.0 Å². The molecule has 0 bridgehead atoms. The van der Waals surface area contributed by atoms with Crippen molar-refractivity contribution in [3.8, 4) is 0 Å². The molecule has 0 saturated carbocycles. The number of hydrogen-bond donors (Lipinski definition) is 1. The molecule has 9 heteroatoms. The molecular formula is C24H21ClN2O5S. The van der Waals surface area contributed by atoms with Gasteiger partial charge in [-0.1, -0.05) is 41.9 Å². The van der Waals surface area contributed by atoms with E-state index in [1.807, 2.05) is 24.3 Å². The predicted octanol–water partition coefficient (Wildman–Crippen LogP) is 3.88. The van der Waals surface area contributed by atoms with E-state index in [2.05, 4.69) is 5.32 Å². The normalized spacial score (nSPS) is 13.7. The number of hydrogen-bond acceptors (Lipinski definition) is 5. The summed E-state index contributed by atoms with van der Waals surface area (Å²) in [6, 6.07) is 19.9. The van der Waals surface area contributed by atoms with E-state index >= 15 is 0 Å². The van der Waals surface area contributed by atoms with Crippen LogP contribution < -0.4 is 5.32 Å². The molecule has 7 nitrogen and oxygen atoms in total. The molecule has 0 atom stereocenters. The lowest BCUT2D eigenvalue weighted by Crippen LogP contribution is -2.36. The predicted molar refractivity (Wildman–Crippen MR) is 125 cm³/mol. The Bertz CT molecular complexity index is 1290. The van der Waals surface area contributed by atoms with Gasteiger partial charge in [0.05, 0.1) is 10.5 Å². The Labute approximate surface area is 197 Å². The number of amides is 1. The first-order valence-electron chi connectivity index (χ1n) is 10.2. The number of halogens is 1. The van der Waals surface area contributed by atoms with Gasteiger partial charge in [-0.15, -0.1) is 0 Å². The molecule has 0 saturated heterocycles. The lowest BCUT2D eigenvalue weighted by atomic mass is 10.0. The van der Waals surface area contributed by atoms with Crippen molar-refractivity contribution in [1.82, 2.24) is 4.31 Å². The van der Waals surface area contributed by atoms with Gasteiger partial charge in [-0.05, 0) is 60.0 Å². The van der Waals surface area contributed by atoms with Crippen molar-refractivity contribution in [2.45, 2.75) is 17.9 Å². The van der Waals surface area contributed by atoms with Crippen LogP contribution in [0.2, 0.25) is 5.02 Å². The van der Waals surface area contributed by atoms with Crippen molar-refractivity contribution in [1.29, 1.82) is 0 Å². The minimum absolute atomic E-state index is 0.00180. The molecule has 0 radical (unpaired) electrons. The second-order valence-corrected chi connectivity index (χ2v) is 9.89. The molecule has 0 fully saturated rings. The zero-order valence-electron chi connectivity index (χ0n) is 17.5. The van der Waals surface area contributed by atoms with Crippen molar-refractivity contribution in [2.75, 3.05) is 18.5 Å². The van der Waals surface area contributed by atoms with E-state index in [-0.39, 0.29) is 17.0 Å². The fourth-order valence-electron chi connectivity index (χ4n) is 3.55. The number of anilines is 1. The molecule has 0 unspecified atom stereocenters. The van der Waals surface area contributed by atoms with Gasteiger partial charge >= 0.3 is 5.97 Å². The molecule has 0 aromatic heterocycles. The van der Waals surface area contributed by atoms with Crippen molar-refractivity contribution in [3.63, 3.8) is 0 Å². The van der Waals surface area contributed by atoms with Gasteiger partial charge in [0.15, 0.2) is 6.61 Å². The molecule has 0 spiro atoms. The van der Waals surface area contributed by atoms with Crippen molar-refractivity contribution >= 4 is 39.2 Å². The summed E-state index contributed by atoms with van der Waals surface area (Å²) in [5.74, 6) is -1.32. The standard InChI is InChI=1S/C24H21ClN2O5S/c25-20-8-10-21(11-9-20)26-23(28)16-32-24(29)18-6-3-7-22(14-18)33(30,31)27-13-12-17-4-1-2-5-19(17)15-27/h1-11,14H,12-13,15-16H2,(H,26,28). The van der Waals surface area contributed by atoms with Crippen LogP contribution in [0.15, 0.2) is 77.7 Å². The maximum Gasteiger partial charge on any atom is 0.338 e. The highest BCUT2D eigenvalue weighted by molar-refractivity contribution is 7.89. The van der Waals surface area contributed by atoms with E-state index in [4.69, 9.17) is 16.3 Å². The Kier molecular flexibility index (Phi) is 6.78. The number of carbonyl (C=O) groups is 2. The van der Waals surface area contributed by atoms with Gasteiger partial charge in [-0.3, -0.25) is 4.79 Å². The Morgan fingerprint density at radius 2 is 1.70 bits per heavy atom. The summed E-state index contributed by atoms with van der Waals surface area (Å²) in [5, 5.41) is 3.12. The summed E-state index contributed by atoms with van der Waals surface area (Å²) in [5.41, 5.74) is 2.66. The molecule has 4 rings (SSSR count). The summed E-state index contributed by atoms with van der Waals surface area (Å²) in [7, 11) is -3.80. The first kappa shape index (κ1) is 23.0. The monoisotopic (exact) mass is 484 g/mol. The highest BCUT2D eigenvalue weighted by Gasteiger charge is 2.28. The number of nitrogens with one attached hydrogen (secondary N) is 1. The van der Waals surface area contributed by atoms with Gasteiger partial charge in [-0.2, -0.15) is 4.31 Å². The molecule has 1 N–H and O–H groups in total. The molecule has 1 aliphatic heterocycles. The van der Waals surface area contributed by atoms with Crippen LogP contribution in [0.4, 0.5) is 5.69 Å². The van der Waals surface area contributed by atoms with Crippen LogP contribution in [0, 0.1) is 0 Å². The van der Waals surface area contributed by atoms with Crippen LogP contribution in [0.3, 0.4) is 0 Å². The molecular weight excluding hydrogens is 464 g/mol. The minimum atomic E-state index is -3.80. The van der Waals surface area contributed by atoms with E-state index in [9.17, 15) is 18.0 Å². The fraction of sp³-hybridized carbons (Fsp3) is 0.167. The van der Waals surface area contributed by atoms with Crippen LogP contribution in [0.1, 0.15) is 21.5 Å². The lowest BCUT2D eigenvalue weighted by Gasteiger charge is -2.28. The third-order valence-electron chi connectivity index (χ3n) is 5.27. The first-order valence-corrected chi connectivity index (χ1v) is 12.0. The number of nitrogens with zero attached hydrogens (tertiary/aromatic N) is 1. The van der Waals surface area contributed by atoms with Gasteiger partial charge in [0, 0.05) is 23.8 Å². The highest BCUT2D eigenvalue weighted by atomic mass is 35.5. The zero-order chi connectivity index (χ0) is 23.4. The average Bonchev–Trinajstić information content (AvgIpc) is 2.83. The fourth-order valence-corrected chi connectivity index (χ4v) is 5.14. The van der Waals surface area contributed by atoms with Crippen molar-refractivity contribution < 1.29 is 22.7 Å². The Morgan fingerprint density at radius 3 is 2.45 bits per heavy atom. The minimum Gasteiger partial charge on any atom is -0.452 e. The van der Waals surface area contributed by atoms with Gasteiger partial charge in [0.1, 0.15) is 0 Å². The number of fused-ring (bicyclic) bond motifs is 1. The SMILES string of the molecule is O=C(COC(=O)c1cccc(S(=O)(=O)N2CCc3ccccc3C2)c1)Nc1ccc(Cl)cc1. The van der Waals surface area contributed by atoms with Crippen LogP contribution in [-0.2, 0) is 32.5 Å². The summed E-state index contributed by atoms with van der Waals surface area (Å²) in [6.45, 7) is 0.123. The van der Waals surface area contributed by atoms with Crippen LogP contribution in [0.5, 0.6) is 0 Å². The third-order valence-corrected chi connectivity index (χ3v) is 7.36. The van der Waals surface area contributed by atoms with E-state index in [1.54, 1.807) is 24.3 Å². The number of esters is 1. The third kappa shape index (κ3) is 5.42. The number of rotatable bonds is 6. The van der Waals surface area contributed by atoms with Gasteiger partial charge in [-0.25, -0.2) is 13.2 Å². The number of carbonyl (C=O) groups excluding carboxylic acids is 2. The highest BCUT2D eigenvalue weighted by Crippen LogP contribution is 2.25. The topological polar surface area (TPSA) is 92.8 Å². The quantitative estimate of drug-likeness (QED) is 0.536. The maximum atomic E-state index is 13.2. The summed E-state index contributed by atoms with van der Waals surface area (Å²) in [6.07, 6.45) is 0.625. The molecule has 3 aromatic carbocycles. The molecule has 0 aliphatic carbocycles. The number of sulfonamides is 1. The van der Waals surface area contributed by atoms with Crippen LogP contribution in [0.25, 0.3) is 0 Å². The molecule has 3 aromatic rings. The first-order chi connectivity index (χ1) is 15.8. The van der Waals surface area contributed by atoms with Crippen molar-refractivity contribution in [2.24, 2.45) is 0 Å². The number of benzene rings is 3. The van der Waals surface area contributed by atoms with E-state index in [0.717, 1.165) is 11.1 Å². The molecule has 1 heterocycles. The number of ether oxygens (including phenoxy) is 1. The average molecular weight is 485 g/mol. The summed E-state index contributed by atoms with van der Waals surface area (Å²) < 4.78 is 32.8. The molecule has 170 valence electrons. The van der Waals surface area contributed by atoms with Crippen molar-refractivity contribution in [3.05, 3.63) is 94.5 Å². The smallest absolute Gasteiger partial charge is 0.338 e.